The van der Waals surface area contributed by atoms with E-state index in [9.17, 15) is 4.79 Å². The summed E-state index contributed by atoms with van der Waals surface area (Å²) in [6, 6.07) is 20.5. The number of ether oxygens (including phenoxy) is 3. The molecule has 1 N–H and O–H groups in total. The molecular formula is C24H21ClN2O4. The first-order chi connectivity index (χ1) is 15.2. The first-order valence-corrected chi connectivity index (χ1v) is 10.2. The predicted molar refractivity (Wildman–Crippen MR) is 119 cm³/mol. The van der Waals surface area contributed by atoms with Gasteiger partial charge in [0.15, 0.2) is 11.5 Å². The topological polar surface area (TPSA) is 69.2 Å². The lowest BCUT2D eigenvalue weighted by Gasteiger charge is -2.18. The van der Waals surface area contributed by atoms with E-state index in [1.807, 2.05) is 66.7 Å². The molecule has 0 aromatic heterocycles. The SMILES string of the molecule is O=C(Cc1ccc2c(c1)OCCO2)N/N=C/c1ccc(OCc2ccc(Cl)cc2)cc1. The van der Waals surface area contributed by atoms with Crippen LogP contribution in [-0.2, 0) is 17.8 Å². The van der Waals surface area contributed by atoms with Gasteiger partial charge in [-0.1, -0.05) is 29.8 Å². The molecule has 158 valence electrons. The van der Waals surface area contributed by atoms with Gasteiger partial charge in [0.2, 0.25) is 5.91 Å². The van der Waals surface area contributed by atoms with Gasteiger partial charge < -0.3 is 14.2 Å². The summed E-state index contributed by atoms with van der Waals surface area (Å²) >= 11 is 5.88. The van der Waals surface area contributed by atoms with Crippen molar-refractivity contribution in [1.29, 1.82) is 0 Å². The summed E-state index contributed by atoms with van der Waals surface area (Å²) in [7, 11) is 0. The van der Waals surface area contributed by atoms with E-state index >= 15 is 0 Å². The van der Waals surface area contributed by atoms with Crippen LogP contribution in [0.1, 0.15) is 16.7 Å². The number of carbonyl (C=O) groups excluding carboxylic acids is 1. The Hall–Kier alpha value is -3.51. The maximum Gasteiger partial charge on any atom is 0.244 e. The second-order valence-electron chi connectivity index (χ2n) is 6.93. The fourth-order valence-electron chi connectivity index (χ4n) is 3.00. The zero-order valence-corrected chi connectivity index (χ0v) is 17.5. The molecule has 3 aromatic carbocycles. The van der Waals surface area contributed by atoms with Crippen LogP contribution in [0.3, 0.4) is 0 Å². The van der Waals surface area contributed by atoms with E-state index in [1.165, 1.54) is 0 Å². The van der Waals surface area contributed by atoms with Crippen LogP contribution in [0.2, 0.25) is 5.02 Å². The highest BCUT2D eigenvalue weighted by Crippen LogP contribution is 2.30. The van der Waals surface area contributed by atoms with E-state index in [0.717, 1.165) is 22.4 Å². The zero-order valence-electron chi connectivity index (χ0n) is 16.7. The fraction of sp³-hybridized carbons (Fsp3) is 0.167. The van der Waals surface area contributed by atoms with Gasteiger partial charge in [0, 0.05) is 5.02 Å². The van der Waals surface area contributed by atoms with Crippen molar-refractivity contribution < 1.29 is 19.0 Å². The number of halogens is 1. The second-order valence-corrected chi connectivity index (χ2v) is 7.37. The number of benzene rings is 3. The molecule has 6 nitrogen and oxygen atoms in total. The minimum absolute atomic E-state index is 0.200. The summed E-state index contributed by atoms with van der Waals surface area (Å²) in [5.41, 5.74) is 5.26. The van der Waals surface area contributed by atoms with Gasteiger partial charge in [-0.25, -0.2) is 5.43 Å². The maximum absolute atomic E-state index is 12.1. The molecule has 0 saturated heterocycles. The number of fused-ring (bicyclic) bond motifs is 1. The van der Waals surface area contributed by atoms with Gasteiger partial charge in [-0.05, 0) is 65.2 Å². The minimum Gasteiger partial charge on any atom is -0.489 e. The lowest BCUT2D eigenvalue weighted by molar-refractivity contribution is -0.120. The molecule has 0 bridgehead atoms. The Morgan fingerprint density at radius 3 is 2.45 bits per heavy atom. The van der Waals surface area contributed by atoms with Crippen LogP contribution in [0.4, 0.5) is 0 Å². The Labute approximate surface area is 185 Å². The number of nitrogens with one attached hydrogen (secondary N) is 1. The van der Waals surface area contributed by atoms with E-state index in [-0.39, 0.29) is 12.3 Å². The lowest BCUT2D eigenvalue weighted by Crippen LogP contribution is -2.20. The van der Waals surface area contributed by atoms with Crippen LogP contribution in [0, 0.1) is 0 Å². The Bertz CT molecular complexity index is 1070. The Morgan fingerprint density at radius 2 is 1.68 bits per heavy atom. The number of carbonyl (C=O) groups is 1. The summed E-state index contributed by atoms with van der Waals surface area (Å²) in [5, 5.41) is 4.72. The predicted octanol–water partition coefficient (Wildman–Crippen LogP) is 4.38. The van der Waals surface area contributed by atoms with Crippen molar-refractivity contribution in [3.8, 4) is 17.2 Å². The molecular weight excluding hydrogens is 416 g/mol. The van der Waals surface area contributed by atoms with E-state index in [4.69, 9.17) is 25.8 Å². The molecule has 0 atom stereocenters. The van der Waals surface area contributed by atoms with E-state index in [1.54, 1.807) is 6.21 Å². The van der Waals surface area contributed by atoms with Gasteiger partial charge in [-0.15, -0.1) is 0 Å². The van der Waals surface area contributed by atoms with E-state index in [0.29, 0.717) is 36.3 Å². The van der Waals surface area contributed by atoms with Crippen LogP contribution in [0.5, 0.6) is 17.2 Å². The van der Waals surface area contributed by atoms with Crippen molar-refractivity contribution >= 4 is 23.7 Å². The first-order valence-electron chi connectivity index (χ1n) is 9.83. The average molecular weight is 437 g/mol. The summed E-state index contributed by atoms with van der Waals surface area (Å²) in [6.45, 7) is 1.51. The van der Waals surface area contributed by atoms with Crippen LogP contribution >= 0.6 is 11.6 Å². The molecule has 0 spiro atoms. The van der Waals surface area contributed by atoms with Gasteiger partial charge >= 0.3 is 0 Å². The highest BCUT2D eigenvalue weighted by atomic mass is 35.5. The highest BCUT2D eigenvalue weighted by molar-refractivity contribution is 6.30. The normalized spacial score (nSPS) is 12.5. The van der Waals surface area contributed by atoms with Crippen molar-refractivity contribution in [2.45, 2.75) is 13.0 Å². The van der Waals surface area contributed by atoms with Crippen molar-refractivity contribution in [3.05, 3.63) is 88.4 Å². The standard InChI is InChI=1S/C24H21ClN2O4/c25-20-6-1-18(2-7-20)16-31-21-8-3-17(4-9-21)15-26-27-24(28)14-19-5-10-22-23(13-19)30-12-11-29-22/h1-10,13,15H,11-12,14,16H2,(H,27,28)/b26-15+. The third-order valence-corrected chi connectivity index (χ3v) is 4.82. The van der Waals surface area contributed by atoms with Crippen LogP contribution in [0.25, 0.3) is 0 Å². The van der Waals surface area contributed by atoms with Gasteiger partial charge in [-0.3, -0.25) is 4.79 Å². The molecule has 3 aromatic rings. The monoisotopic (exact) mass is 436 g/mol. The second kappa shape index (κ2) is 10.00. The Morgan fingerprint density at radius 1 is 0.968 bits per heavy atom. The van der Waals surface area contributed by atoms with Gasteiger partial charge in [0.1, 0.15) is 25.6 Å². The highest BCUT2D eigenvalue weighted by Gasteiger charge is 2.13. The third kappa shape index (κ3) is 5.99. The van der Waals surface area contributed by atoms with Crippen LogP contribution in [-0.4, -0.2) is 25.3 Å². The van der Waals surface area contributed by atoms with Crippen molar-refractivity contribution in [2.24, 2.45) is 5.10 Å². The molecule has 31 heavy (non-hydrogen) atoms. The molecule has 0 fully saturated rings. The summed E-state index contributed by atoms with van der Waals surface area (Å²) < 4.78 is 16.8. The minimum atomic E-state index is -0.212. The lowest BCUT2D eigenvalue weighted by atomic mass is 10.1. The molecule has 0 unspecified atom stereocenters. The third-order valence-electron chi connectivity index (χ3n) is 4.57. The number of hydrogen-bond donors (Lipinski definition) is 1. The average Bonchev–Trinajstić information content (AvgIpc) is 2.79. The van der Waals surface area contributed by atoms with Crippen molar-refractivity contribution in [3.63, 3.8) is 0 Å². The summed E-state index contributed by atoms with van der Waals surface area (Å²) in [4.78, 5) is 12.1. The number of hydrazone groups is 1. The van der Waals surface area contributed by atoms with Crippen molar-refractivity contribution in [1.82, 2.24) is 5.43 Å². The van der Waals surface area contributed by atoms with Crippen LogP contribution in [0.15, 0.2) is 71.8 Å². The molecule has 7 heteroatoms. The molecule has 4 rings (SSSR count). The van der Waals surface area contributed by atoms with Crippen molar-refractivity contribution in [2.75, 3.05) is 13.2 Å². The molecule has 1 aliphatic heterocycles. The number of amides is 1. The molecule has 1 heterocycles. The number of hydrogen-bond acceptors (Lipinski definition) is 5. The first kappa shape index (κ1) is 20.8. The van der Waals surface area contributed by atoms with Gasteiger partial charge in [-0.2, -0.15) is 5.10 Å². The molecule has 0 radical (unpaired) electrons. The Kier molecular flexibility index (Phi) is 6.69. The zero-order chi connectivity index (χ0) is 21.5. The number of nitrogens with zero attached hydrogens (tertiary/aromatic N) is 1. The maximum atomic E-state index is 12.1. The van der Waals surface area contributed by atoms with Gasteiger partial charge in [0.05, 0.1) is 12.6 Å². The smallest absolute Gasteiger partial charge is 0.244 e. The van der Waals surface area contributed by atoms with E-state index in [2.05, 4.69) is 10.5 Å². The summed E-state index contributed by atoms with van der Waals surface area (Å²) in [6.07, 6.45) is 1.79. The molecule has 1 aliphatic rings. The Balaban J connectivity index is 1.24. The molecule has 0 saturated carbocycles. The van der Waals surface area contributed by atoms with E-state index < -0.39 is 0 Å². The fourth-order valence-corrected chi connectivity index (χ4v) is 3.12. The largest absolute Gasteiger partial charge is 0.489 e. The van der Waals surface area contributed by atoms with Gasteiger partial charge in [0.25, 0.3) is 0 Å². The number of rotatable bonds is 7. The molecule has 1 amide bonds. The van der Waals surface area contributed by atoms with Crippen LogP contribution < -0.4 is 19.6 Å². The molecule has 0 aliphatic carbocycles. The quantitative estimate of drug-likeness (QED) is 0.440. The summed E-state index contributed by atoms with van der Waals surface area (Å²) in [5.74, 6) is 1.90.